The van der Waals surface area contributed by atoms with Crippen molar-refractivity contribution in [3.05, 3.63) is 0 Å². The molecule has 1 aliphatic carbocycles. The first-order valence-electron chi connectivity index (χ1n) is 7.88. The van der Waals surface area contributed by atoms with Crippen molar-refractivity contribution in [3.63, 3.8) is 0 Å². The van der Waals surface area contributed by atoms with Gasteiger partial charge in [-0.3, -0.25) is 0 Å². The molecular formula is C16H33N. The van der Waals surface area contributed by atoms with E-state index in [9.17, 15) is 0 Å². The van der Waals surface area contributed by atoms with Gasteiger partial charge >= 0.3 is 0 Å². The molecule has 1 N–H and O–H groups in total. The molecule has 0 bridgehead atoms. The van der Waals surface area contributed by atoms with Crippen LogP contribution in [0.3, 0.4) is 0 Å². The SMILES string of the molecule is CCCNC(CCC(C)C)C1(CC)CCCC1. The lowest BCUT2D eigenvalue weighted by Crippen LogP contribution is -2.44. The molecule has 0 radical (unpaired) electrons. The van der Waals surface area contributed by atoms with E-state index in [2.05, 4.69) is 33.0 Å². The molecule has 1 atom stereocenters. The molecule has 0 heterocycles. The van der Waals surface area contributed by atoms with Gasteiger partial charge in [0.15, 0.2) is 0 Å². The summed E-state index contributed by atoms with van der Waals surface area (Å²) in [6.45, 7) is 10.6. The summed E-state index contributed by atoms with van der Waals surface area (Å²) >= 11 is 0. The van der Waals surface area contributed by atoms with Crippen LogP contribution in [0.4, 0.5) is 0 Å². The maximum absolute atomic E-state index is 3.86. The third kappa shape index (κ3) is 4.28. The van der Waals surface area contributed by atoms with Crippen molar-refractivity contribution in [2.24, 2.45) is 11.3 Å². The Hall–Kier alpha value is -0.0400. The van der Waals surface area contributed by atoms with Crippen LogP contribution in [0.25, 0.3) is 0 Å². The van der Waals surface area contributed by atoms with Crippen LogP contribution in [0.2, 0.25) is 0 Å². The van der Waals surface area contributed by atoms with Crippen molar-refractivity contribution in [1.29, 1.82) is 0 Å². The van der Waals surface area contributed by atoms with Crippen molar-refractivity contribution < 1.29 is 0 Å². The lowest BCUT2D eigenvalue weighted by Gasteiger charge is -2.38. The molecule has 1 nitrogen and oxygen atoms in total. The van der Waals surface area contributed by atoms with Crippen LogP contribution in [0.15, 0.2) is 0 Å². The van der Waals surface area contributed by atoms with Crippen molar-refractivity contribution in [3.8, 4) is 0 Å². The predicted octanol–water partition coefficient (Wildman–Crippen LogP) is 4.76. The second-order valence-electron chi connectivity index (χ2n) is 6.40. The summed E-state index contributed by atoms with van der Waals surface area (Å²) in [6.07, 6.45) is 11.2. The van der Waals surface area contributed by atoms with Gasteiger partial charge in [-0.25, -0.2) is 0 Å². The Morgan fingerprint density at radius 3 is 2.18 bits per heavy atom. The highest BCUT2D eigenvalue weighted by Crippen LogP contribution is 2.45. The molecule has 1 aliphatic rings. The number of hydrogen-bond acceptors (Lipinski definition) is 1. The van der Waals surface area contributed by atoms with Crippen LogP contribution >= 0.6 is 0 Å². The monoisotopic (exact) mass is 239 g/mol. The molecular weight excluding hydrogens is 206 g/mol. The van der Waals surface area contributed by atoms with Crippen LogP contribution in [0, 0.1) is 11.3 Å². The fraction of sp³-hybridized carbons (Fsp3) is 1.00. The third-order valence-electron chi connectivity index (χ3n) is 4.72. The molecule has 0 aliphatic heterocycles. The highest BCUT2D eigenvalue weighted by Gasteiger charge is 2.38. The van der Waals surface area contributed by atoms with E-state index < -0.39 is 0 Å². The van der Waals surface area contributed by atoms with Crippen molar-refractivity contribution >= 4 is 0 Å². The zero-order chi connectivity index (χ0) is 12.7. The minimum atomic E-state index is 0.629. The Morgan fingerprint density at radius 2 is 1.71 bits per heavy atom. The van der Waals surface area contributed by atoms with Crippen LogP contribution < -0.4 is 5.32 Å². The minimum absolute atomic E-state index is 0.629. The van der Waals surface area contributed by atoms with E-state index in [1.54, 1.807) is 0 Å². The summed E-state index contributed by atoms with van der Waals surface area (Å²) < 4.78 is 0. The summed E-state index contributed by atoms with van der Waals surface area (Å²) in [5, 5.41) is 3.86. The van der Waals surface area contributed by atoms with Gasteiger partial charge in [0, 0.05) is 6.04 Å². The van der Waals surface area contributed by atoms with Gasteiger partial charge in [-0.1, -0.05) is 40.5 Å². The number of hydrogen-bond donors (Lipinski definition) is 1. The van der Waals surface area contributed by atoms with Gasteiger partial charge in [-0.15, -0.1) is 0 Å². The van der Waals surface area contributed by atoms with E-state index in [4.69, 9.17) is 0 Å². The first-order chi connectivity index (χ1) is 8.14. The average Bonchev–Trinajstić information content (AvgIpc) is 2.78. The molecule has 1 rings (SSSR count). The molecule has 0 spiro atoms. The molecule has 1 unspecified atom stereocenters. The normalized spacial score (nSPS) is 21.0. The molecule has 1 fully saturated rings. The van der Waals surface area contributed by atoms with E-state index in [0.717, 1.165) is 12.0 Å². The number of rotatable bonds is 8. The van der Waals surface area contributed by atoms with Gasteiger partial charge in [-0.2, -0.15) is 0 Å². The minimum Gasteiger partial charge on any atom is -0.313 e. The summed E-state index contributed by atoms with van der Waals surface area (Å²) in [6, 6.07) is 0.775. The van der Waals surface area contributed by atoms with Gasteiger partial charge < -0.3 is 5.32 Å². The summed E-state index contributed by atoms with van der Waals surface area (Å²) in [5.41, 5.74) is 0.629. The van der Waals surface area contributed by atoms with E-state index in [1.807, 2.05) is 0 Å². The molecule has 1 heteroatoms. The number of nitrogens with one attached hydrogen (secondary N) is 1. The zero-order valence-electron chi connectivity index (χ0n) is 12.5. The van der Waals surface area contributed by atoms with E-state index in [0.29, 0.717) is 5.41 Å². The second-order valence-corrected chi connectivity index (χ2v) is 6.40. The lowest BCUT2D eigenvalue weighted by molar-refractivity contribution is 0.170. The van der Waals surface area contributed by atoms with Crippen LogP contribution in [-0.4, -0.2) is 12.6 Å². The Bertz CT molecular complexity index is 192. The molecule has 102 valence electrons. The van der Waals surface area contributed by atoms with Gasteiger partial charge in [0.1, 0.15) is 0 Å². The molecule has 0 aromatic heterocycles. The van der Waals surface area contributed by atoms with Crippen molar-refractivity contribution in [2.45, 2.75) is 85.1 Å². The predicted molar refractivity (Wildman–Crippen MR) is 77.3 cm³/mol. The Kier molecular flexibility index (Phi) is 6.54. The highest BCUT2D eigenvalue weighted by molar-refractivity contribution is 4.93. The van der Waals surface area contributed by atoms with Crippen molar-refractivity contribution in [2.75, 3.05) is 6.54 Å². The lowest BCUT2D eigenvalue weighted by atomic mass is 9.74. The summed E-state index contributed by atoms with van der Waals surface area (Å²) in [5.74, 6) is 0.844. The quantitative estimate of drug-likeness (QED) is 0.644. The standard InChI is InChI=1S/C16H33N/c1-5-13-17-15(10-9-14(3)4)16(6-2)11-7-8-12-16/h14-15,17H,5-13H2,1-4H3. The first kappa shape index (κ1) is 15.0. The highest BCUT2D eigenvalue weighted by atomic mass is 14.9. The molecule has 0 saturated heterocycles. The zero-order valence-corrected chi connectivity index (χ0v) is 12.5. The van der Waals surface area contributed by atoms with Gasteiger partial charge in [0.05, 0.1) is 0 Å². The molecule has 17 heavy (non-hydrogen) atoms. The smallest absolute Gasteiger partial charge is 0.0123 e. The maximum atomic E-state index is 3.86. The molecule has 0 aromatic carbocycles. The Morgan fingerprint density at radius 1 is 1.06 bits per heavy atom. The van der Waals surface area contributed by atoms with Gasteiger partial charge in [-0.05, 0) is 56.4 Å². The van der Waals surface area contributed by atoms with E-state index in [1.165, 1.54) is 57.9 Å². The maximum Gasteiger partial charge on any atom is 0.0123 e. The van der Waals surface area contributed by atoms with Gasteiger partial charge in [0.25, 0.3) is 0 Å². The summed E-state index contributed by atoms with van der Waals surface area (Å²) in [4.78, 5) is 0. The largest absolute Gasteiger partial charge is 0.313 e. The Balaban J connectivity index is 2.58. The fourth-order valence-electron chi connectivity index (χ4n) is 3.47. The van der Waals surface area contributed by atoms with Crippen LogP contribution in [0.1, 0.15) is 79.1 Å². The average molecular weight is 239 g/mol. The molecule has 1 saturated carbocycles. The Labute approximate surface area is 109 Å². The van der Waals surface area contributed by atoms with E-state index in [-0.39, 0.29) is 0 Å². The second kappa shape index (κ2) is 7.41. The summed E-state index contributed by atoms with van der Waals surface area (Å²) in [7, 11) is 0. The molecule has 0 amide bonds. The van der Waals surface area contributed by atoms with Crippen LogP contribution in [-0.2, 0) is 0 Å². The van der Waals surface area contributed by atoms with Crippen LogP contribution in [0.5, 0.6) is 0 Å². The topological polar surface area (TPSA) is 12.0 Å². The van der Waals surface area contributed by atoms with E-state index >= 15 is 0 Å². The molecule has 0 aromatic rings. The van der Waals surface area contributed by atoms with Gasteiger partial charge in [0.2, 0.25) is 0 Å². The fourth-order valence-corrected chi connectivity index (χ4v) is 3.47. The van der Waals surface area contributed by atoms with Crippen molar-refractivity contribution in [1.82, 2.24) is 5.32 Å². The third-order valence-corrected chi connectivity index (χ3v) is 4.72. The first-order valence-corrected chi connectivity index (χ1v) is 7.88.